The second-order valence-electron chi connectivity index (χ2n) is 6.20. The molecule has 2 aromatic rings. The lowest BCUT2D eigenvalue weighted by atomic mass is 9.99. The number of benzene rings is 1. The van der Waals surface area contributed by atoms with E-state index in [0.29, 0.717) is 6.54 Å². The van der Waals surface area contributed by atoms with Gasteiger partial charge in [-0.15, -0.1) is 11.3 Å². The van der Waals surface area contributed by atoms with Gasteiger partial charge in [-0.05, 0) is 45.6 Å². The summed E-state index contributed by atoms with van der Waals surface area (Å²) in [4.78, 5) is 17.0. The van der Waals surface area contributed by atoms with Crippen molar-refractivity contribution in [3.05, 3.63) is 62.8 Å². The van der Waals surface area contributed by atoms with E-state index in [0.717, 1.165) is 29.8 Å². The van der Waals surface area contributed by atoms with Crippen LogP contribution in [0.25, 0.3) is 5.57 Å². The number of thiophene rings is 1. The van der Waals surface area contributed by atoms with Gasteiger partial charge < -0.3 is 9.80 Å². The molecule has 1 amide bonds. The van der Waals surface area contributed by atoms with Crippen molar-refractivity contribution in [2.45, 2.75) is 13.0 Å². The maximum absolute atomic E-state index is 12.5. The zero-order valence-corrected chi connectivity index (χ0v) is 16.2. The third-order valence-corrected chi connectivity index (χ3v) is 5.89. The predicted octanol–water partition coefficient (Wildman–Crippen LogP) is 2.84. The van der Waals surface area contributed by atoms with E-state index in [1.807, 2.05) is 11.0 Å². The molecule has 0 spiro atoms. The second kappa shape index (κ2) is 8.10. The molecule has 0 aliphatic carbocycles. The average molecular weight is 406 g/mol. The maximum Gasteiger partial charge on any atom is 0.278 e. The van der Waals surface area contributed by atoms with Crippen molar-refractivity contribution in [1.29, 1.82) is 0 Å². The van der Waals surface area contributed by atoms with Crippen molar-refractivity contribution in [1.82, 2.24) is 4.90 Å². The number of nitrogens with one attached hydrogen (secondary N) is 1. The third-order valence-electron chi connectivity index (χ3n) is 4.26. The van der Waals surface area contributed by atoms with E-state index in [9.17, 15) is 4.79 Å². The number of rotatable bonds is 5. The summed E-state index contributed by atoms with van der Waals surface area (Å²) in [6, 6.07) is 14.6. The number of carbonyl (C=O) groups excluding carboxylic acids is 1. The van der Waals surface area contributed by atoms with Gasteiger partial charge in [-0.25, -0.2) is 0 Å². The van der Waals surface area contributed by atoms with E-state index in [1.165, 1.54) is 20.9 Å². The van der Waals surface area contributed by atoms with Crippen molar-refractivity contribution >= 4 is 38.7 Å². The molecule has 0 bridgehead atoms. The van der Waals surface area contributed by atoms with Crippen LogP contribution in [0.5, 0.6) is 0 Å². The molecule has 1 aliphatic heterocycles. The van der Waals surface area contributed by atoms with Crippen molar-refractivity contribution < 1.29 is 9.69 Å². The lowest BCUT2D eigenvalue weighted by molar-refractivity contribution is -0.885. The largest absolute Gasteiger partial charge is 0.334 e. The highest BCUT2D eigenvalue weighted by atomic mass is 79.9. The number of hydrogen-bond acceptors (Lipinski definition) is 2. The van der Waals surface area contributed by atoms with Crippen molar-refractivity contribution in [2.24, 2.45) is 0 Å². The smallest absolute Gasteiger partial charge is 0.278 e. The van der Waals surface area contributed by atoms with Crippen LogP contribution in [0.2, 0.25) is 0 Å². The van der Waals surface area contributed by atoms with Crippen molar-refractivity contribution in [3.8, 4) is 0 Å². The van der Waals surface area contributed by atoms with Gasteiger partial charge in [0.15, 0.2) is 6.54 Å². The molecule has 1 aliphatic rings. The highest BCUT2D eigenvalue weighted by Crippen LogP contribution is 2.22. The van der Waals surface area contributed by atoms with Crippen LogP contribution in [0.1, 0.15) is 16.9 Å². The van der Waals surface area contributed by atoms with Crippen LogP contribution in [0.4, 0.5) is 0 Å². The van der Waals surface area contributed by atoms with Crippen LogP contribution in [0.15, 0.2) is 52.3 Å². The quantitative estimate of drug-likeness (QED) is 0.812. The van der Waals surface area contributed by atoms with Crippen molar-refractivity contribution in [3.63, 3.8) is 0 Å². The number of carbonyl (C=O) groups is 1. The van der Waals surface area contributed by atoms with Crippen LogP contribution < -0.4 is 4.90 Å². The second-order valence-corrected chi connectivity index (χ2v) is 8.75. The summed E-state index contributed by atoms with van der Waals surface area (Å²) in [5, 5.41) is 0. The van der Waals surface area contributed by atoms with E-state index in [1.54, 1.807) is 11.3 Å². The fourth-order valence-electron chi connectivity index (χ4n) is 2.99. The zero-order chi connectivity index (χ0) is 16.9. The summed E-state index contributed by atoms with van der Waals surface area (Å²) < 4.78 is 1.14. The molecule has 0 saturated heterocycles. The maximum atomic E-state index is 12.5. The molecule has 0 radical (unpaired) electrons. The molecule has 1 atom stereocenters. The Hall–Kier alpha value is -1.43. The first-order valence-electron chi connectivity index (χ1n) is 8.19. The molecule has 126 valence electrons. The monoisotopic (exact) mass is 405 g/mol. The Morgan fingerprint density at radius 1 is 1.25 bits per heavy atom. The molecule has 1 aromatic carbocycles. The Balaban J connectivity index is 1.52. The minimum atomic E-state index is 0.242. The van der Waals surface area contributed by atoms with Gasteiger partial charge in [-0.3, -0.25) is 4.79 Å². The number of likely N-dealkylation sites (N-methyl/N-ethyl adjacent to an activating group) is 1. The minimum Gasteiger partial charge on any atom is -0.334 e. The van der Waals surface area contributed by atoms with E-state index in [2.05, 4.69) is 65.5 Å². The summed E-state index contributed by atoms with van der Waals surface area (Å²) in [5.41, 5.74) is 2.62. The normalized spacial score (nSPS) is 15.9. The minimum absolute atomic E-state index is 0.242. The molecule has 2 heterocycles. The lowest BCUT2D eigenvalue weighted by Crippen LogP contribution is -3.08. The van der Waals surface area contributed by atoms with Gasteiger partial charge in [0.2, 0.25) is 0 Å². The summed E-state index contributed by atoms with van der Waals surface area (Å²) in [6.45, 7) is 2.98. The zero-order valence-electron chi connectivity index (χ0n) is 13.8. The van der Waals surface area contributed by atoms with Crippen molar-refractivity contribution in [2.75, 3.05) is 26.7 Å². The predicted molar refractivity (Wildman–Crippen MR) is 103 cm³/mol. The molecule has 1 aromatic heterocycles. The molecule has 0 fully saturated rings. The van der Waals surface area contributed by atoms with Gasteiger partial charge in [0, 0.05) is 13.1 Å². The number of quaternary nitrogens is 1. The molecular weight excluding hydrogens is 384 g/mol. The Morgan fingerprint density at radius 3 is 2.67 bits per heavy atom. The SMILES string of the molecule is C[NH+](CC(=O)N1CC=C(c2ccccc2)CC1)Cc1ccc(Br)s1. The molecule has 1 unspecified atom stereocenters. The van der Waals surface area contributed by atoms with E-state index >= 15 is 0 Å². The lowest BCUT2D eigenvalue weighted by Gasteiger charge is -2.27. The summed E-state index contributed by atoms with van der Waals surface area (Å²) in [6.07, 6.45) is 3.13. The summed E-state index contributed by atoms with van der Waals surface area (Å²) in [7, 11) is 2.08. The number of hydrogen-bond donors (Lipinski definition) is 1. The fourth-order valence-corrected chi connectivity index (χ4v) is 4.58. The molecule has 3 rings (SSSR count). The van der Waals surface area contributed by atoms with Gasteiger partial charge in [0.05, 0.1) is 15.7 Å². The number of amides is 1. The summed E-state index contributed by atoms with van der Waals surface area (Å²) >= 11 is 5.23. The van der Waals surface area contributed by atoms with Gasteiger partial charge in [0.1, 0.15) is 6.54 Å². The number of nitrogens with zero attached hydrogens (tertiary/aromatic N) is 1. The van der Waals surface area contributed by atoms with Crippen LogP contribution >= 0.6 is 27.3 Å². The van der Waals surface area contributed by atoms with Crippen LogP contribution in [0, 0.1) is 0 Å². The van der Waals surface area contributed by atoms with Crippen LogP contribution in [-0.2, 0) is 11.3 Å². The van der Waals surface area contributed by atoms with Gasteiger partial charge >= 0.3 is 0 Å². The van der Waals surface area contributed by atoms with Crippen LogP contribution in [0.3, 0.4) is 0 Å². The molecule has 24 heavy (non-hydrogen) atoms. The first kappa shape index (κ1) is 17.4. The number of halogens is 1. The Morgan fingerprint density at radius 2 is 2.04 bits per heavy atom. The Labute approximate surface area is 155 Å². The Bertz CT molecular complexity index is 726. The van der Waals surface area contributed by atoms with Crippen LogP contribution in [-0.4, -0.2) is 37.5 Å². The van der Waals surface area contributed by atoms with Gasteiger partial charge in [0.25, 0.3) is 5.91 Å². The van der Waals surface area contributed by atoms with E-state index in [-0.39, 0.29) is 5.91 Å². The van der Waals surface area contributed by atoms with E-state index < -0.39 is 0 Å². The highest BCUT2D eigenvalue weighted by molar-refractivity contribution is 9.11. The fraction of sp³-hybridized carbons (Fsp3) is 0.316. The average Bonchev–Trinajstić information content (AvgIpc) is 3.00. The molecule has 0 saturated carbocycles. The van der Waals surface area contributed by atoms with Gasteiger partial charge in [-0.2, -0.15) is 0 Å². The molecular formula is C19H22BrN2OS+. The Kier molecular flexibility index (Phi) is 5.87. The van der Waals surface area contributed by atoms with Gasteiger partial charge in [-0.1, -0.05) is 36.4 Å². The standard InChI is InChI=1S/C19H21BrN2OS/c1-21(13-17-7-8-18(20)24-17)14-19(23)22-11-9-16(10-12-22)15-5-3-2-4-6-15/h2-9H,10-14H2,1H3/p+1. The molecule has 3 nitrogen and oxygen atoms in total. The highest BCUT2D eigenvalue weighted by Gasteiger charge is 2.21. The molecule has 1 N–H and O–H groups in total. The topological polar surface area (TPSA) is 24.8 Å². The molecule has 5 heteroatoms. The van der Waals surface area contributed by atoms with E-state index in [4.69, 9.17) is 0 Å². The summed E-state index contributed by atoms with van der Waals surface area (Å²) in [5.74, 6) is 0.242. The first-order chi connectivity index (χ1) is 11.6. The third kappa shape index (κ3) is 4.56. The first-order valence-corrected chi connectivity index (χ1v) is 9.80.